The van der Waals surface area contributed by atoms with Gasteiger partial charge in [0.1, 0.15) is 0 Å². The smallest absolute Gasteiger partial charge is 0.275 e. The molecular weight excluding hydrogens is 364 g/mol. The van der Waals surface area contributed by atoms with Gasteiger partial charge in [0.25, 0.3) is 11.5 Å². The predicted molar refractivity (Wildman–Crippen MR) is 113 cm³/mol. The number of fused-ring (bicyclic) bond motifs is 1. The Morgan fingerprint density at radius 2 is 1.72 bits per heavy atom. The Morgan fingerprint density at radius 3 is 2.28 bits per heavy atom. The molecule has 1 heterocycles. The van der Waals surface area contributed by atoms with Crippen LogP contribution < -0.4 is 5.56 Å². The van der Waals surface area contributed by atoms with E-state index in [0.717, 1.165) is 5.56 Å². The van der Waals surface area contributed by atoms with Gasteiger partial charge < -0.3 is 4.90 Å². The zero-order valence-electron chi connectivity index (χ0n) is 17.1. The summed E-state index contributed by atoms with van der Waals surface area (Å²) in [4.78, 5) is 28.0. The van der Waals surface area contributed by atoms with Crippen LogP contribution in [-0.2, 0) is 0 Å². The number of hydrogen-bond donors (Lipinski definition) is 0. The highest BCUT2D eigenvalue weighted by molar-refractivity contribution is 6.04. The topological polar surface area (TPSA) is 79.0 Å². The zero-order chi connectivity index (χ0) is 21.1. The van der Waals surface area contributed by atoms with Crippen LogP contribution in [0.25, 0.3) is 10.8 Å². The van der Waals surface area contributed by atoms with Gasteiger partial charge in [0.05, 0.1) is 29.1 Å². The molecule has 0 aliphatic rings. The highest BCUT2D eigenvalue weighted by atomic mass is 16.2. The molecule has 0 N–H and O–H groups in total. The number of aromatic nitrogens is 2. The quantitative estimate of drug-likeness (QED) is 0.660. The van der Waals surface area contributed by atoms with Gasteiger partial charge in [0, 0.05) is 11.9 Å². The van der Waals surface area contributed by atoms with Crippen molar-refractivity contribution in [1.29, 1.82) is 5.26 Å². The first kappa shape index (κ1) is 20.3. The van der Waals surface area contributed by atoms with Crippen LogP contribution in [0, 0.1) is 11.3 Å². The number of nitrogens with zero attached hydrogens (tertiary/aromatic N) is 4. The van der Waals surface area contributed by atoms with Crippen LogP contribution >= 0.6 is 0 Å². The molecule has 1 unspecified atom stereocenters. The predicted octanol–water partition coefficient (Wildman–Crippen LogP) is 4.07. The van der Waals surface area contributed by atoms with Crippen molar-refractivity contribution in [3.63, 3.8) is 0 Å². The first-order valence-electron chi connectivity index (χ1n) is 9.71. The second kappa shape index (κ2) is 8.27. The molecule has 1 aromatic heterocycles. The van der Waals surface area contributed by atoms with Gasteiger partial charge in [-0.1, -0.05) is 30.3 Å². The summed E-state index contributed by atoms with van der Waals surface area (Å²) in [6.07, 6.45) is 0. The first-order chi connectivity index (χ1) is 13.9. The van der Waals surface area contributed by atoms with Crippen LogP contribution in [0.2, 0.25) is 0 Å². The molecule has 1 atom stereocenters. The Balaban J connectivity index is 2.10. The van der Waals surface area contributed by atoms with Gasteiger partial charge in [0.2, 0.25) is 0 Å². The van der Waals surface area contributed by atoms with Crippen molar-refractivity contribution in [2.75, 3.05) is 6.54 Å². The fraction of sp³-hybridized carbons (Fsp3) is 0.304. The van der Waals surface area contributed by atoms with Crippen molar-refractivity contribution in [2.24, 2.45) is 0 Å². The van der Waals surface area contributed by atoms with Crippen LogP contribution in [-0.4, -0.2) is 27.1 Å². The molecule has 2 aromatic carbocycles. The van der Waals surface area contributed by atoms with E-state index < -0.39 is 0 Å². The number of carbonyl (C=O) groups is 1. The van der Waals surface area contributed by atoms with Crippen molar-refractivity contribution >= 4 is 16.7 Å². The molecule has 0 saturated carbocycles. The van der Waals surface area contributed by atoms with Crippen molar-refractivity contribution in [3.05, 3.63) is 75.7 Å². The van der Waals surface area contributed by atoms with E-state index >= 15 is 0 Å². The average Bonchev–Trinajstić information content (AvgIpc) is 2.74. The third kappa shape index (κ3) is 3.77. The standard InChI is InChI=1S/C23H24N4O2/c1-5-26(16(4)18-12-10-17(14-24)11-13-18)23(29)21-19-8-6-7-9-20(19)22(28)27(25-21)15(2)3/h6-13,15-16H,5H2,1-4H3. The number of rotatable bonds is 5. The van der Waals surface area contributed by atoms with Crippen LogP contribution in [0.1, 0.15) is 61.4 Å². The molecular formula is C23H24N4O2. The molecule has 0 aliphatic carbocycles. The Labute approximate surface area is 170 Å². The van der Waals surface area contributed by atoms with Crippen molar-refractivity contribution < 1.29 is 4.79 Å². The van der Waals surface area contributed by atoms with E-state index in [4.69, 9.17) is 5.26 Å². The maximum Gasteiger partial charge on any atom is 0.275 e. The maximum absolute atomic E-state index is 13.5. The minimum Gasteiger partial charge on any atom is -0.331 e. The Bertz CT molecular complexity index is 1140. The molecule has 6 nitrogen and oxygen atoms in total. The summed E-state index contributed by atoms with van der Waals surface area (Å²) in [5.41, 5.74) is 1.58. The van der Waals surface area contributed by atoms with Crippen molar-refractivity contribution in [3.8, 4) is 6.07 Å². The van der Waals surface area contributed by atoms with E-state index in [1.807, 2.05) is 39.8 Å². The third-order valence-electron chi connectivity index (χ3n) is 5.11. The molecule has 0 aliphatic heterocycles. The summed E-state index contributed by atoms with van der Waals surface area (Å²) >= 11 is 0. The second-order valence-electron chi connectivity index (χ2n) is 7.24. The summed E-state index contributed by atoms with van der Waals surface area (Å²) < 4.78 is 1.37. The molecule has 0 saturated heterocycles. The molecule has 0 fully saturated rings. The number of hydrogen-bond acceptors (Lipinski definition) is 4. The maximum atomic E-state index is 13.5. The summed E-state index contributed by atoms with van der Waals surface area (Å²) in [5, 5.41) is 14.5. The van der Waals surface area contributed by atoms with Gasteiger partial charge in [-0.2, -0.15) is 10.4 Å². The van der Waals surface area contributed by atoms with Crippen LogP contribution in [0.15, 0.2) is 53.3 Å². The number of amides is 1. The first-order valence-corrected chi connectivity index (χ1v) is 9.71. The molecule has 1 amide bonds. The molecule has 3 aromatic rings. The molecule has 6 heteroatoms. The number of benzene rings is 2. The fourth-order valence-electron chi connectivity index (χ4n) is 3.46. The summed E-state index contributed by atoms with van der Waals surface area (Å²) in [5.74, 6) is -0.227. The van der Waals surface area contributed by atoms with Crippen molar-refractivity contribution in [2.45, 2.75) is 39.8 Å². The fourth-order valence-corrected chi connectivity index (χ4v) is 3.46. The van der Waals surface area contributed by atoms with Gasteiger partial charge in [-0.15, -0.1) is 0 Å². The lowest BCUT2D eigenvalue weighted by atomic mass is 10.0. The largest absolute Gasteiger partial charge is 0.331 e. The zero-order valence-corrected chi connectivity index (χ0v) is 17.1. The molecule has 0 bridgehead atoms. The average molecular weight is 388 g/mol. The van der Waals surface area contributed by atoms with E-state index in [1.54, 1.807) is 41.3 Å². The minimum absolute atomic E-state index is 0.162. The van der Waals surface area contributed by atoms with E-state index in [-0.39, 0.29) is 29.2 Å². The monoisotopic (exact) mass is 388 g/mol. The van der Waals surface area contributed by atoms with Gasteiger partial charge in [-0.3, -0.25) is 9.59 Å². The lowest BCUT2D eigenvalue weighted by molar-refractivity contribution is 0.0695. The Kier molecular flexibility index (Phi) is 5.79. The van der Waals surface area contributed by atoms with Crippen LogP contribution in [0.5, 0.6) is 0 Å². The van der Waals surface area contributed by atoms with Gasteiger partial charge >= 0.3 is 0 Å². The minimum atomic E-state index is -0.227. The van der Waals surface area contributed by atoms with Gasteiger partial charge in [-0.25, -0.2) is 4.68 Å². The lowest BCUT2D eigenvalue weighted by Gasteiger charge is -2.29. The number of nitriles is 1. The van der Waals surface area contributed by atoms with E-state index in [9.17, 15) is 9.59 Å². The van der Waals surface area contributed by atoms with Crippen LogP contribution in [0.3, 0.4) is 0 Å². The second-order valence-corrected chi connectivity index (χ2v) is 7.24. The van der Waals surface area contributed by atoms with E-state index in [0.29, 0.717) is 22.9 Å². The highest BCUT2D eigenvalue weighted by Gasteiger charge is 2.26. The van der Waals surface area contributed by atoms with Crippen LogP contribution in [0.4, 0.5) is 0 Å². The number of carbonyl (C=O) groups excluding carboxylic acids is 1. The Hall–Kier alpha value is -3.46. The van der Waals surface area contributed by atoms with Crippen molar-refractivity contribution in [1.82, 2.24) is 14.7 Å². The summed E-state index contributed by atoms with van der Waals surface area (Å²) in [6.45, 7) is 8.09. The third-order valence-corrected chi connectivity index (χ3v) is 5.11. The van der Waals surface area contributed by atoms with Gasteiger partial charge in [-0.05, 0) is 51.5 Å². The van der Waals surface area contributed by atoms with Gasteiger partial charge in [0.15, 0.2) is 5.69 Å². The molecule has 148 valence electrons. The summed E-state index contributed by atoms with van der Waals surface area (Å²) in [7, 11) is 0. The SMILES string of the molecule is CCN(C(=O)c1nn(C(C)C)c(=O)c2ccccc12)C(C)c1ccc(C#N)cc1. The normalized spacial score (nSPS) is 12.0. The highest BCUT2D eigenvalue weighted by Crippen LogP contribution is 2.24. The Morgan fingerprint density at radius 1 is 1.10 bits per heavy atom. The molecule has 0 radical (unpaired) electrons. The van der Waals surface area contributed by atoms with E-state index in [1.165, 1.54) is 4.68 Å². The molecule has 3 rings (SSSR count). The molecule has 0 spiro atoms. The molecule has 29 heavy (non-hydrogen) atoms. The van der Waals surface area contributed by atoms with E-state index in [2.05, 4.69) is 11.2 Å². The lowest BCUT2D eigenvalue weighted by Crippen LogP contribution is -2.36. The summed E-state index contributed by atoms with van der Waals surface area (Å²) in [6, 6.07) is 16.0.